The number of halogens is 1. The largest absolute Gasteiger partial charge is 0.301 e. The van der Waals surface area contributed by atoms with Crippen LogP contribution in [0.3, 0.4) is 0 Å². The molecule has 2 atom stereocenters. The molecule has 0 saturated carbocycles. The van der Waals surface area contributed by atoms with Crippen LogP contribution in [-0.2, 0) is 28.5 Å². The molecule has 188 valence electrons. The van der Waals surface area contributed by atoms with Crippen molar-refractivity contribution in [3.8, 4) is 0 Å². The van der Waals surface area contributed by atoms with E-state index in [9.17, 15) is 17.6 Å². The van der Waals surface area contributed by atoms with E-state index in [1.54, 1.807) is 36.3 Å². The second kappa shape index (κ2) is 10.5. The summed E-state index contributed by atoms with van der Waals surface area (Å²) >= 11 is 0. The Morgan fingerprint density at radius 3 is 2.26 bits per heavy atom. The first-order valence-electron chi connectivity index (χ1n) is 11.7. The molecule has 1 saturated heterocycles. The number of amides is 1. The van der Waals surface area contributed by atoms with Crippen LogP contribution < -0.4 is 9.44 Å². The van der Waals surface area contributed by atoms with E-state index in [4.69, 9.17) is 0 Å². The van der Waals surface area contributed by atoms with E-state index in [2.05, 4.69) is 19.4 Å². The van der Waals surface area contributed by atoms with Gasteiger partial charge < -0.3 is 4.90 Å². The van der Waals surface area contributed by atoms with Gasteiger partial charge in [-0.3, -0.25) is 9.48 Å². The summed E-state index contributed by atoms with van der Waals surface area (Å²) in [5.41, 5.74) is 2.37. The molecule has 1 fully saturated rings. The molecule has 1 amide bonds. The van der Waals surface area contributed by atoms with Gasteiger partial charge in [0, 0.05) is 24.8 Å². The third kappa shape index (κ3) is 6.22. The zero-order chi connectivity index (χ0) is 25.2. The maximum absolute atomic E-state index is 14.8. The molecule has 1 aromatic carbocycles. The van der Waals surface area contributed by atoms with Gasteiger partial charge in [-0.2, -0.15) is 18.2 Å². The summed E-state index contributed by atoms with van der Waals surface area (Å²) in [6.45, 7) is 8.42. The number of aryl methyl sites for hydroxylation is 1. The van der Waals surface area contributed by atoms with Crippen LogP contribution in [0.15, 0.2) is 24.5 Å². The topological polar surface area (TPSA) is 96.3 Å². The van der Waals surface area contributed by atoms with Crippen molar-refractivity contribution in [2.75, 3.05) is 13.6 Å². The van der Waals surface area contributed by atoms with Crippen molar-refractivity contribution in [3.05, 3.63) is 52.6 Å². The summed E-state index contributed by atoms with van der Waals surface area (Å²) in [4.78, 5) is 14.8. The lowest BCUT2D eigenvalue weighted by Gasteiger charge is -2.29. The molecule has 2 N–H and O–H groups in total. The van der Waals surface area contributed by atoms with Crippen molar-refractivity contribution in [1.82, 2.24) is 24.1 Å². The first kappa shape index (κ1) is 26.3. The molecule has 3 rings (SSSR count). The molecule has 1 aromatic heterocycles. The maximum atomic E-state index is 14.8. The van der Waals surface area contributed by atoms with E-state index in [1.165, 1.54) is 0 Å². The standard InChI is InChI=1S/C24H36FN5O3S/c1-15(2)19-10-17(11-20(16(3)4)23(19)25)12-22(31)27-34(32,33)28-24(18-13-26-30(6)14-18)21-8-7-9-29(21)5/h10-11,13-16,21,24,28H,7-9,12H2,1-6H3,(H,27,31)/t21-,24?/m0/s1. The van der Waals surface area contributed by atoms with Crippen LogP contribution in [0.4, 0.5) is 4.39 Å². The van der Waals surface area contributed by atoms with Crippen molar-refractivity contribution < 1.29 is 17.6 Å². The monoisotopic (exact) mass is 493 g/mol. The zero-order valence-corrected chi connectivity index (χ0v) is 21.6. The molecular weight excluding hydrogens is 457 g/mol. The first-order chi connectivity index (χ1) is 15.9. The molecule has 1 unspecified atom stereocenters. The molecule has 1 aliphatic heterocycles. The number of carbonyl (C=O) groups is 1. The Morgan fingerprint density at radius 2 is 1.79 bits per heavy atom. The van der Waals surface area contributed by atoms with Crippen molar-refractivity contribution in [2.24, 2.45) is 7.05 Å². The third-order valence-electron chi connectivity index (χ3n) is 6.37. The molecule has 2 aromatic rings. The minimum Gasteiger partial charge on any atom is -0.301 e. The Balaban J connectivity index is 1.78. The fourth-order valence-electron chi connectivity index (χ4n) is 4.57. The summed E-state index contributed by atoms with van der Waals surface area (Å²) in [6, 6.07) is 2.71. The summed E-state index contributed by atoms with van der Waals surface area (Å²) < 4.78 is 47.1. The Labute approximate surface area is 202 Å². The Hall–Kier alpha value is -2.30. The summed E-state index contributed by atoms with van der Waals surface area (Å²) in [6.07, 6.45) is 5.05. The lowest BCUT2D eigenvalue weighted by molar-refractivity contribution is -0.118. The zero-order valence-electron chi connectivity index (χ0n) is 20.8. The minimum absolute atomic E-state index is 0.0461. The van der Waals surface area contributed by atoms with Gasteiger partial charge in [-0.1, -0.05) is 39.8 Å². The average Bonchev–Trinajstić information content (AvgIpc) is 3.34. The molecule has 1 aliphatic rings. The van der Waals surface area contributed by atoms with Crippen LogP contribution in [-0.4, -0.2) is 48.6 Å². The predicted octanol–water partition coefficient (Wildman–Crippen LogP) is 3.13. The van der Waals surface area contributed by atoms with Crippen LogP contribution in [0.1, 0.15) is 80.7 Å². The summed E-state index contributed by atoms with van der Waals surface area (Å²) in [7, 11) is -0.416. The average molecular weight is 494 g/mol. The van der Waals surface area contributed by atoms with Crippen LogP contribution in [0.5, 0.6) is 0 Å². The smallest absolute Gasteiger partial charge is 0.301 e. The second-order valence-electron chi connectivity index (χ2n) is 9.84. The number of rotatable bonds is 9. The predicted molar refractivity (Wildman–Crippen MR) is 130 cm³/mol. The van der Waals surface area contributed by atoms with E-state index in [1.807, 2.05) is 34.7 Å². The SMILES string of the molecule is CC(C)c1cc(CC(=O)NS(=O)(=O)NC(c2cnn(C)c2)[C@@H]2CCCN2C)cc(C(C)C)c1F. The van der Waals surface area contributed by atoms with Crippen LogP contribution >= 0.6 is 0 Å². The van der Waals surface area contributed by atoms with Crippen LogP contribution in [0.25, 0.3) is 0 Å². The molecule has 2 heterocycles. The number of hydrogen-bond acceptors (Lipinski definition) is 5. The van der Waals surface area contributed by atoms with Gasteiger partial charge >= 0.3 is 10.2 Å². The molecule has 0 aliphatic carbocycles. The number of nitrogens with one attached hydrogen (secondary N) is 2. The normalized spacial score (nSPS) is 18.1. The number of benzene rings is 1. The molecular formula is C24H36FN5O3S. The highest BCUT2D eigenvalue weighted by atomic mass is 32.2. The van der Waals surface area contributed by atoms with Crippen LogP contribution in [0, 0.1) is 5.82 Å². The van der Waals surface area contributed by atoms with Crippen molar-refractivity contribution in [1.29, 1.82) is 0 Å². The highest BCUT2D eigenvalue weighted by molar-refractivity contribution is 7.88. The number of carbonyl (C=O) groups excluding carboxylic acids is 1. The van der Waals surface area contributed by atoms with E-state index in [0.29, 0.717) is 16.7 Å². The Kier molecular flexibility index (Phi) is 8.15. The summed E-state index contributed by atoms with van der Waals surface area (Å²) in [5.74, 6) is -1.05. The molecule has 34 heavy (non-hydrogen) atoms. The lowest BCUT2D eigenvalue weighted by Crippen LogP contribution is -2.47. The van der Waals surface area contributed by atoms with E-state index < -0.39 is 22.2 Å². The number of likely N-dealkylation sites (N-methyl/N-ethyl adjacent to an activating group) is 1. The van der Waals surface area contributed by atoms with Crippen LogP contribution in [0.2, 0.25) is 0 Å². The van der Waals surface area contributed by atoms with Gasteiger partial charge in [0.2, 0.25) is 5.91 Å². The maximum Gasteiger partial charge on any atom is 0.301 e. The Bertz CT molecular complexity index is 1100. The molecule has 0 bridgehead atoms. The number of aromatic nitrogens is 2. The van der Waals surface area contributed by atoms with Gasteiger partial charge in [-0.05, 0) is 55.0 Å². The fourth-order valence-corrected chi connectivity index (χ4v) is 5.63. The molecule has 0 spiro atoms. The molecule has 10 heteroatoms. The van der Waals surface area contributed by atoms with Gasteiger partial charge in [0.05, 0.1) is 18.7 Å². The highest BCUT2D eigenvalue weighted by Crippen LogP contribution is 2.30. The lowest BCUT2D eigenvalue weighted by atomic mass is 9.91. The van der Waals surface area contributed by atoms with Gasteiger partial charge in [0.1, 0.15) is 5.82 Å². The molecule has 8 nitrogen and oxygen atoms in total. The second-order valence-corrected chi connectivity index (χ2v) is 11.3. The fraction of sp³-hybridized carbons (Fsp3) is 0.583. The van der Waals surface area contributed by atoms with Crippen molar-refractivity contribution in [2.45, 2.75) is 70.9 Å². The van der Waals surface area contributed by atoms with E-state index >= 15 is 0 Å². The highest BCUT2D eigenvalue weighted by Gasteiger charge is 2.34. The third-order valence-corrected chi connectivity index (χ3v) is 7.43. The first-order valence-corrected chi connectivity index (χ1v) is 13.2. The number of hydrogen-bond donors (Lipinski definition) is 2. The number of likely N-dealkylation sites (tertiary alicyclic amines) is 1. The van der Waals surface area contributed by atoms with Crippen molar-refractivity contribution in [3.63, 3.8) is 0 Å². The molecule has 0 radical (unpaired) electrons. The van der Waals surface area contributed by atoms with Gasteiger partial charge in [-0.15, -0.1) is 0 Å². The van der Waals surface area contributed by atoms with Gasteiger partial charge in [0.15, 0.2) is 0 Å². The number of nitrogens with zero attached hydrogens (tertiary/aromatic N) is 3. The van der Waals surface area contributed by atoms with E-state index in [0.717, 1.165) is 24.9 Å². The van der Waals surface area contributed by atoms with Gasteiger partial charge in [-0.25, -0.2) is 9.11 Å². The Morgan fingerprint density at radius 1 is 1.18 bits per heavy atom. The van der Waals surface area contributed by atoms with Gasteiger partial charge in [0.25, 0.3) is 0 Å². The van der Waals surface area contributed by atoms with Crippen molar-refractivity contribution >= 4 is 16.1 Å². The quantitative estimate of drug-likeness (QED) is 0.560. The van der Waals surface area contributed by atoms with E-state index in [-0.39, 0.29) is 30.1 Å². The minimum atomic E-state index is -4.15. The summed E-state index contributed by atoms with van der Waals surface area (Å²) in [5, 5.41) is 4.18.